The minimum absolute atomic E-state index is 0.216. The Morgan fingerprint density at radius 1 is 0.824 bits per heavy atom. The molecule has 2 heterocycles. The highest BCUT2D eigenvalue weighted by Gasteiger charge is 2.11. The molecular formula is C14H17N3. The van der Waals surface area contributed by atoms with E-state index in [0.29, 0.717) is 0 Å². The van der Waals surface area contributed by atoms with Crippen LogP contribution in [0, 0.1) is 0 Å². The van der Waals surface area contributed by atoms with Crippen molar-refractivity contribution < 1.29 is 0 Å². The van der Waals surface area contributed by atoms with Gasteiger partial charge in [0.05, 0.1) is 11.4 Å². The fraction of sp³-hybridized carbons (Fsp3) is 0.286. The number of nitrogens with zero attached hydrogens (tertiary/aromatic N) is 2. The van der Waals surface area contributed by atoms with Crippen LogP contribution in [-0.2, 0) is 0 Å². The summed E-state index contributed by atoms with van der Waals surface area (Å²) in [6, 6.07) is 12.4. The van der Waals surface area contributed by atoms with Gasteiger partial charge >= 0.3 is 0 Å². The Balaban J connectivity index is 2.02. The molecule has 0 fully saturated rings. The highest BCUT2D eigenvalue weighted by atomic mass is 15.0. The fourth-order valence-corrected chi connectivity index (χ4v) is 1.81. The van der Waals surface area contributed by atoms with Gasteiger partial charge in [0.2, 0.25) is 0 Å². The molecule has 0 bridgehead atoms. The minimum atomic E-state index is 0.216. The van der Waals surface area contributed by atoms with Gasteiger partial charge in [-0.25, -0.2) is 0 Å². The Morgan fingerprint density at radius 3 is 1.65 bits per heavy atom. The first-order chi connectivity index (χ1) is 8.27. The quantitative estimate of drug-likeness (QED) is 0.872. The average molecular weight is 227 g/mol. The van der Waals surface area contributed by atoms with Gasteiger partial charge in [-0.3, -0.25) is 9.97 Å². The van der Waals surface area contributed by atoms with Crippen molar-refractivity contribution in [2.24, 2.45) is 0 Å². The molecule has 0 aromatic carbocycles. The van der Waals surface area contributed by atoms with E-state index >= 15 is 0 Å². The average Bonchev–Trinajstić information content (AvgIpc) is 2.40. The molecule has 0 spiro atoms. The largest absolute Gasteiger partial charge is 0.301 e. The molecule has 88 valence electrons. The molecule has 0 aliphatic carbocycles. The summed E-state index contributed by atoms with van der Waals surface area (Å²) in [7, 11) is 0. The molecule has 2 unspecified atom stereocenters. The lowest BCUT2D eigenvalue weighted by Gasteiger charge is -2.19. The monoisotopic (exact) mass is 227 g/mol. The second kappa shape index (κ2) is 5.55. The molecule has 0 saturated carbocycles. The van der Waals surface area contributed by atoms with Crippen molar-refractivity contribution in [1.82, 2.24) is 15.3 Å². The van der Waals surface area contributed by atoms with Gasteiger partial charge in [0.1, 0.15) is 0 Å². The van der Waals surface area contributed by atoms with E-state index in [1.807, 2.05) is 48.8 Å². The van der Waals surface area contributed by atoms with Gasteiger partial charge in [-0.05, 0) is 38.1 Å². The maximum absolute atomic E-state index is 4.34. The zero-order chi connectivity index (χ0) is 12.1. The van der Waals surface area contributed by atoms with Gasteiger partial charge in [0.15, 0.2) is 0 Å². The lowest BCUT2D eigenvalue weighted by molar-refractivity contribution is 0.478. The van der Waals surface area contributed by atoms with Gasteiger partial charge < -0.3 is 5.32 Å². The lowest BCUT2D eigenvalue weighted by Crippen LogP contribution is -2.23. The zero-order valence-corrected chi connectivity index (χ0v) is 10.2. The predicted molar refractivity (Wildman–Crippen MR) is 68.4 cm³/mol. The van der Waals surface area contributed by atoms with E-state index in [9.17, 15) is 0 Å². The summed E-state index contributed by atoms with van der Waals surface area (Å²) < 4.78 is 0. The summed E-state index contributed by atoms with van der Waals surface area (Å²) >= 11 is 0. The maximum Gasteiger partial charge on any atom is 0.0570 e. The topological polar surface area (TPSA) is 37.8 Å². The van der Waals surface area contributed by atoms with Crippen LogP contribution in [0.1, 0.15) is 37.3 Å². The standard InChI is InChI=1S/C14H17N3/c1-11(13-7-3-5-9-15-13)17-12(2)14-8-4-6-10-16-14/h3-12,17H,1-2H3. The van der Waals surface area contributed by atoms with Crippen LogP contribution < -0.4 is 5.32 Å². The third kappa shape index (κ3) is 3.11. The van der Waals surface area contributed by atoms with Gasteiger partial charge in [0, 0.05) is 24.5 Å². The van der Waals surface area contributed by atoms with Crippen LogP contribution in [0.25, 0.3) is 0 Å². The summed E-state index contributed by atoms with van der Waals surface area (Å²) in [4.78, 5) is 8.68. The molecule has 0 aliphatic heterocycles. The van der Waals surface area contributed by atoms with Crippen LogP contribution >= 0.6 is 0 Å². The molecule has 0 saturated heterocycles. The van der Waals surface area contributed by atoms with E-state index in [1.165, 1.54) is 0 Å². The summed E-state index contributed by atoms with van der Waals surface area (Å²) in [6.45, 7) is 4.23. The number of hydrogen-bond donors (Lipinski definition) is 1. The first-order valence-corrected chi connectivity index (χ1v) is 5.85. The highest BCUT2D eigenvalue weighted by molar-refractivity contribution is 5.11. The first-order valence-electron chi connectivity index (χ1n) is 5.85. The summed E-state index contributed by atoms with van der Waals surface area (Å²) in [5.74, 6) is 0. The maximum atomic E-state index is 4.34. The summed E-state index contributed by atoms with van der Waals surface area (Å²) in [6.07, 6.45) is 3.64. The van der Waals surface area contributed by atoms with Gasteiger partial charge in [-0.1, -0.05) is 12.1 Å². The number of nitrogens with one attached hydrogen (secondary N) is 1. The molecule has 17 heavy (non-hydrogen) atoms. The molecule has 0 radical (unpaired) electrons. The molecule has 2 aromatic rings. The molecule has 2 rings (SSSR count). The van der Waals surface area contributed by atoms with Crippen molar-refractivity contribution in [3.63, 3.8) is 0 Å². The molecule has 3 heteroatoms. The molecule has 3 nitrogen and oxygen atoms in total. The first kappa shape index (κ1) is 11.7. The third-order valence-electron chi connectivity index (χ3n) is 2.76. The summed E-state index contributed by atoms with van der Waals surface area (Å²) in [5.41, 5.74) is 2.10. The predicted octanol–water partition coefficient (Wildman–Crippen LogP) is 2.89. The van der Waals surface area contributed by atoms with Crippen molar-refractivity contribution in [3.05, 3.63) is 60.2 Å². The lowest BCUT2D eigenvalue weighted by atomic mass is 10.1. The molecule has 2 atom stereocenters. The Hall–Kier alpha value is -1.74. The normalized spacial score (nSPS) is 14.2. The zero-order valence-electron chi connectivity index (χ0n) is 10.2. The fourth-order valence-electron chi connectivity index (χ4n) is 1.81. The van der Waals surface area contributed by atoms with E-state index < -0.39 is 0 Å². The van der Waals surface area contributed by atoms with E-state index in [0.717, 1.165) is 11.4 Å². The molecule has 2 aromatic heterocycles. The molecule has 0 amide bonds. The Bertz CT molecular complexity index is 398. The van der Waals surface area contributed by atoms with Crippen molar-refractivity contribution in [1.29, 1.82) is 0 Å². The second-order valence-corrected chi connectivity index (χ2v) is 4.12. The van der Waals surface area contributed by atoms with Gasteiger partial charge in [-0.15, -0.1) is 0 Å². The minimum Gasteiger partial charge on any atom is -0.301 e. The number of rotatable bonds is 4. The highest BCUT2D eigenvalue weighted by Crippen LogP contribution is 2.15. The second-order valence-electron chi connectivity index (χ2n) is 4.12. The van der Waals surface area contributed by atoms with Crippen LogP contribution in [0.2, 0.25) is 0 Å². The molecular weight excluding hydrogens is 210 g/mol. The molecule has 0 aliphatic rings. The van der Waals surface area contributed by atoms with Gasteiger partial charge in [0.25, 0.3) is 0 Å². The van der Waals surface area contributed by atoms with Crippen molar-refractivity contribution in [3.8, 4) is 0 Å². The summed E-state index contributed by atoms with van der Waals surface area (Å²) in [5, 5.41) is 3.49. The van der Waals surface area contributed by atoms with E-state index in [2.05, 4.69) is 29.1 Å². The Labute approximate surface area is 102 Å². The van der Waals surface area contributed by atoms with Crippen molar-refractivity contribution >= 4 is 0 Å². The smallest absolute Gasteiger partial charge is 0.0570 e. The van der Waals surface area contributed by atoms with E-state index in [-0.39, 0.29) is 12.1 Å². The Morgan fingerprint density at radius 2 is 1.29 bits per heavy atom. The van der Waals surface area contributed by atoms with Crippen LogP contribution in [-0.4, -0.2) is 9.97 Å². The van der Waals surface area contributed by atoms with Crippen LogP contribution in [0.3, 0.4) is 0 Å². The van der Waals surface area contributed by atoms with E-state index in [1.54, 1.807) is 0 Å². The van der Waals surface area contributed by atoms with Crippen molar-refractivity contribution in [2.45, 2.75) is 25.9 Å². The number of aromatic nitrogens is 2. The Kier molecular flexibility index (Phi) is 3.83. The van der Waals surface area contributed by atoms with Gasteiger partial charge in [-0.2, -0.15) is 0 Å². The SMILES string of the molecule is CC(NC(C)c1ccccn1)c1ccccn1. The van der Waals surface area contributed by atoms with E-state index in [4.69, 9.17) is 0 Å². The van der Waals surface area contributed by atoms with Crippen LogP contribution in [0.15, 0.2) is 48.8 Å². The molecule has 1 N–H and O–H groups in total. The van der Waals surface area contributed by atoms with Crippen LogP contribution in [0.4, 0.5) is 0 Å². The van der Waals surface area contributed by atoms with Crippen molar-refractivity contribution in [2.75, 3.05) is 0 Å². The van der Waals surface area contributed by atoms with Crippen LogP contribution in [0.5, 0.6) is 0 Å². The third-order valence-corrected chi connectivity index (χ3v) is 2.76. The number of hydrogen-bond acceptors (Lipinski definition) is 3. The number of pyridine rings is 2.